The Morgan fingerprint density at radius 3 is 1.96 bits per heavy atom. The SMILES string of the molecule is c1ccc(-c2nc3ccccc3n2-c2ccc(-c3cccc(-c4cc5c6ccccc6oc5c5c4oc4ccccc45)c3)cc2)cc1. The molecule has 0 atom stereocenters. The first-order valence-electron chi connectivity index (χ1n) is 15.8. The number of imidazole rings is 1. The third kappa shape index (κ3) is 3.98. The van der Waals surface area contributed by atoms with Crippen molar-refractivity contribution >= 4 is 54.9 Å². The highest BCUT2D eigenvalue weighted by Gasteiger charge is 2.21. The number of nitrogens with zero attached hydrogens (tertiary/aromatic N) is 2. The van der Waals surface area contributed by atoms with Crippen molar-refractivity contribution in [1.82, 2.24) is 9.55 Å². The molecular formula is C43H26N2O2. The van der Waals surface area contributed by atoms with Crippen molar-refractivity contribution in [3.05, 3.63) is 158 Å². The highest BCUT2D eigenvalue weighted by Crippen LogP contribution is 2.44. The Labute approximate surface area is 269 Å². The topological polar surface area (TPSA) is 44.1 Å². The Morgan fingerprint density at radius 2 is 1.11 bits per heavy atom. The average molecular weight is 603 g/mol. The third-order valence-electron chi connectivity index (χ3n) is 9.21. The highest BCUT2D eigenvalue weighted by atomic mass is 16.3. The van der Waals surface area contributed by atoms with E-state index < -0.39 is 0 Å². The zero-order chi connectivity index (χ0) is 30.9. The predicted molar refractivity (Wildman–Crippen MR) is 192 cm³/mol. The molecule has 0 saturated heterocycles. The van der Waals surface area contributed by atoms with Crippen LogP contribution in [0.25, 0.3) is 94.2 Å². The summed E-state index contributed by atoms with van der Waals surface area (Å²) in [4.78, 5) is 5.01. The summed E-state index contributed by atoms with van der Waals surface area (Å²) in [5.41, 5.74) is 12.0. The first-order valence-corrected chi connectivity index (χ1v) is 15.8. The molecule has 0 saturated carbocycles. The fraction of sp³-hybridized carbons (Fsp3) is 0. The molecule has 4 nitrogen and oxygen atoms in total. The molecule has 0 aliphatic carbocycles. The molecule has 47 heavy (non-hydrogen) atoms. The number of fused-ring (bicyclic) bond motifs is 8. The maximum absolute atomic E-state index is 6.56. The quantitative estimate of drug-likeness (QED) is 0.201. The van der Waals surface area contributed by atoms with E-state index >= 15 is 0 Å². The molecule has 0 aliphatic rings. The van der Waals surface area contributed by atoms with E-state index in [0.717, 1.165) is 94.2 Å². The molecule has 0 amide bonds. The lowest BCUT2D eigenvalue weighted by atomic mass is 9.95. The van der Waals surface area contributed by atoms with Crippen molar-refractivity contribution in [1.29, 1.82) is 0 Å². The first kappa shape index (κ1) is 25.9. The number of hydrogen-bond donors (Lipinski definition) is 0. The first-order chi connectivity index (χ1) is 23.3. The third-order valence-corrected chi connectivity index (χ3v) is 9.21. The van der Waals surface area contributed by atoms with Crippen LogP contribution in [-0.4, -0.2) is 9.55 Å². The van der Waals surface area contributed by atoms with Gasteiger partial charge >= 0.3 is 0 Å². The Balaban J connectivity index is 1.12. The van der Waals surface area contributed by atoms with E-state index in [1.54, 1.807) is 0 Å². The minimum Gasteiger partial charge on any atom is -0.455 e. The van der Waals surface area contributed by atoms with E-state index in [9.17, 15) is 0 Å². The molecule has 0 bridgehead atoms. The van der Waals surface area contributed by atoms with E-state index in [0.29, 0.717) is 0 Å². The molecule has 0 N–H and O–H groups in total. The largest absolute Gasteiger partial charge is 0.455 e. The molecule has 7 aromatic carbocycles. The Morgan fingerprint density at radius 1 is 0.447 bits per heavy atom. The number of para-hydroxylation sites is 4. The van der Waals surface area contributed by atoms with Gasteiger partial charge in [0.25, 0.3) is 0 Å². The van der Waals surface area contributed by atoms with Crippen molar-refractivity contribution in [2.75, 3.05) is 0 Å². The van der Waals surface area contributed by atoms with Gasteiger partial charge in [0.2, 0.25) is 0 Å². The lowest BCUT2D eigenvalue weighted by Crippen LogP contribution is -1.97. The Kier molecular flexibility index (Phi) is 5.54. The summed E-state index contributed by atoms with van der Waals surface area (Å²) in [5, 5.41) is 4.26. The van der Waals surface area contributed by atoms with Crippen LogP contribution in [0.1, 0.15) is 0 Å². The lowest BCUT2D eigenvalue weighted by Gasteiger charge is -2.12. The Hall–Kier alpha value is -6.39. The average Bonchev–Trinajstić information content (AvgIpc) is 3.83. The van der Waals surface area contributed by atoms with Crippen molar-refractivity contribution < 1.29 is 8.83 Å². The van der Waals surface area contributed by atoms with E-state index in [1.165, 1.54) is 0 Å². The van der Waals surface area contributed by atoms with Gasteiger partial charge < -0.3 is 8.83 Å². The van der Waals surface area contributed by atoms with Crippen LogP contribution in [0.2, 0.25) is 0 Å². The van der Waals surface area contributed by atoms with Crippen molar-refractivity contribution in [2.45, 2.75) is 0 Å². The summed E-state index contributed by atoms with van der Waals surface area (Å²) in [7, 11) is 0. The van der Waals surface area contributed by atoms with Crippen molar-refractivity contribution in [3.63, 3.8) is 0 Å². The summed E-state index contributed by atoms with van der Waals surface area (Å²) in [6.45, 7) is 0. The summed E-state index contributed by atoms with van der Waals surface area (Å²) in [5.74, 6) is 0.929. The van der Waals surface area contributed by atoms with Gasteiger partial charge in [-0.15, -0.1) is 0 Å². The van der Waals surface area contributed by atoms with Crippen LogP contribution >= 0.6 is 0 Å². The summed E-state index contributed by atoms with van der Waals surface area (Å²) < 4.78 is 15.3. The minimum absolute atomic E-state index is 0.839. The van der Waals surface area contributed by atoms with Gasteiger partial charge in [-0.25, -0.2) is 4.98 Å². The van der Waals surface area contributed by atoms with Crippen LogP contribution in [0.3, 0.4) is 0 Å². The second-order valence-electron chi connectivity index (χ2n) is 12.0. The Bertz CT molecular complexity index is 2780. The molecule has 3 aromatic heterocycles. The standard InChI is InChI=1S/C43H26N2O2/c1-2-11-28(12-3-1)43-44-36-17-6-7-18-37(36)45(43)31-23-21-27(22-24-31)29-13-10-14-30(25-29)34-26-35-32-15-4-8-19-38(32)46-42(35)40-33-16-5-9-20-39(33)47-41(34)40/h1-26H. The van der Waals surface area contributed by atoms with E-state index in [1.807, 2.05) is 36.4 Å². The maximum atomic E-state index is 6.56. The van der Waals surface area contributed by atoms with Gasteiger partial charge in [0.05, 0.1) is 16.4 Å². The molecule has 0 fully saturated rings. The van der Waals surface area contributed by atoms with Crippen molar-refractivity contribution in [3.8, 4) is 39.3 Å². The summed E-state index contributed by atoms with van der Waals surface area (Å²) >= 11 is 0. The lowest BCUT2D eigenvalue weighted by molar-refractivity contribution is 0.663. The van der Waals surface area contributed by atoms with E-state index in [4.69, 9.17) is 13.8 Å². The van der Waals surface area contributed by atoms with Gasteiger partial charge in [0.15, 0.2) is 0 Å². The molecular weight excluding hydrogens is 576 g/mol. The van der Waals surface area contributed by atoms with Gasteiger partial charge in [-0.1, -0.05) is 109 Å². The number of benzene rings is 7. The van der Waals surface area contributed by atoms with E-state index in [-0.39, 0.29) is 0 Å². The second kappa shape index (κ2) is 10.1. The number of aromatic nitrogens is 2. The normalized spacial score (nSPS) is 11.8. The number of hydrogen-bond acceptors (Lipinski definition) is 3. The van der Waals surface area contributed by atoms with Crippen LogP contribution in [0.5, 0.6) is 0 Å². The molecule has 10 aromatic rings. The molecule has 0 unspecified atom stereocenters. The zero-order valence-electron chi connectivity index (χ0n) is 25.2. The van der Waals surface area contributed by atoms with Gasteiger partial charge in [0, 0.05) is 33.0 Å². The van der Waals surface area contributed by atoms with Crippen LogP contribution in [0.15, 0.2) is 167 Å². The molecule has 10 rings (SSSR count). The fourth-order valence-corrected chi connectivity index (χ4v) is 7.02. The number of rotatable bonds is 4. The maximum Gasteiger partial charge on any atom is 0.147 e. The predicted octanol–water partition coefficient (Wildman–Crippen LogP) is 11.8. The molecule has 0 spiro atoms. The van der Waals surface area contributed by atoms with Crippen LogP contribution in [-0.2, 0) is 0 Å². The number of furan rings is 2. The smallest absolute Gasteiger partial charge is 0.147 e. The van der Waals surface area contributed by atoms with Gasteiger partial charge in [0.1, 0.15) is 28.2 Å². The van der Waals surface area contributed by atoms with E-state index in [2.05, 4.69) is 126 Å². The van der Waals surface area contributed by atoms with Gasteiger partial charge in [-0.2, -0.15) is 0 Å². The van der Waals surface area contributed by atoms with Gasteiger partial charge in [-0.05, 0) is 65.2 Å². The molecule has 3 heterocycles. The molecule has 4 heteroatoms. The second-order valence-corrected chi connectivity index (χ2v) is 12.0. The highest BCUT2D eigenvalue weighted by molar-refractivity contribution is 6.25. The van der Waals surface area contributed by atoms with Gasteiger partial charge in [-0.3, -0.25) is 4.57 Å². The van der Waals surface area contributed by atoms with Crippen LogP contribution in [0.4, 0.5) is 0 Å². The monoisotopic (exact) mass is 602 g/mol. The minimum atomic E-state index is 0.839. The van der Waals surface area contributed by atoms with Crippen LogP contribution < -0.4 is 0 Å². The fourth-order valence-electron chi connectivity index (χ4n) is 7.02. The molecule has 0 radical (unpaired) electrons. The summed E-state index contributed by atoms with van der Waals surface area (Å²) in [6, 6.07) is 54.8. The van der Waals surface area contributed by atoms with Crippen LogP contribution in [0, 0.1) is 0 Å². The molecule has 0 aliphatic heterocycles. The molecule has 220 valence electrons. The zero-order valence-corrected chi connectivity index (χ0v) is 25.2. The summed E-state index contributed by atoms with van der Waals surface area (Å²) in [6.07, 6.45) is 0. The van der Waals surface area contributed by atoms with Crippen molar-refractivity contribution in [2.24, 2.45) is 0 Å².